The summed E-state index contributed by atoms with van der Waals surface area (Å²) in [4.78, 5) is 29.7. The van der Waals surface area contributed by atoms with Gasteiger partial charge in [-0.05, 0) is 39.7 Å². The minimum absolute atomic E-state index is 0.311. The van der Waals surface area contributed by atoms with Gasteiger partial charge in [-0.25, -0.2) is 14.6 Å². The second kappa shape index (κ2) is 7.69. The van der Waals surface area contributed by atoms with Crippen LogP contribution in [0.5, 0.6) is 0 Å². The number of hydrogen-bond acceptors (Lipinski definition) is 6. The Morgan fingerprint density at radius 3 is 2.40 bits per heavy atom. The second-order valence-electron chi connectivity index (χ2n) is 7.05. The molecule has 1 amide bonds. The number of aliphatic hydroxyl groups is 1. The van der Waals surface area contributed by atoms with E-state index in [2.05, 4.69) is 15.2 Å². The Bertz CT molecular complexity index is 606. The number of anilines is 1. The number of aliphatic hydroxyl groups excluding tert-OH is 1. The maximum absolute atomic E-state index is 11.8. The summed E-state index contributed by atoms with van der Waals surface area (Å²) in [5.41, 5.74) is -0.455. The topological polar surface area (TPSA) is 112 Å². The number of carboxylic acid groups (broad SMARTS) is 1. The van der Waals surface area contributed by atoms with Crippen LogP contribution in [0.2, 0.25) is 0 Å². The number of hydrogen-bond donors (Lipinski definition) is 3. The summed E-state index contributed by atoms with van der Waals surface area (Å²) in [6.07, 6.45) is 1.33. The highest BCUT2D eigenvalue weighted by molar-refractivity contribution is 5.80. The number of nitrogens with one attached hydrogen (secondary N) is 1. The number of carboxylic acids is 1. The predicted molar refractivity (Wildman–Crippen MR) is 91.4 cm³/mol. The van der Waals surface area contributed by atoms with Crippen molar-refractivity contribution in [3.8, 4) is 0 Å². The molecule has 25 heavy (non-hydrogen) atoms. The van der Waals surface area contributed by atoms with Gasteiger partial charge in [0.1, 0.15) is 17.5 Å². The van der Waals surface area contributed by atoms with Gasteiger partial charge in [0.25, 0.3) is 0 Å². The van der Waals surface area contributed by atoms with E-state index < -0.39 is 29.8 Å². The van der Waals surface area contributed by atoms with Gasteiger partial charge >= 0.3 is 12.1 Å². The van der Waals surface area contributed by atoms with Crippen molar-refractivity contribution in [1.29, 1.82) is 0 Å². The number of carbonyl (C=O) groups is 2. The summed E-state index contributed by atoms with van der Waals surface area (Å²) in [5.74, 6) is -0.567. The lowest BCUT2D eigenvalue weighted by molar-refractivity contribution is -0.142. The molecule has 0 saturated carbocycles. The van der Waals surface area contributed by atoms with Crippen LogP contribution < -0.4 is 10.2 Å². The number of amides is 1. The number of carbonyl (C=O) groups excluding carboxylic acids is 1. The monoisotopic (exact) mass is 351 g/mol. The smallest absolute Gasteiger partial charge is 0.408 e. The molecule has 2 rings (SSSR count). The molecule has 1 fully saturated rings. The summed E-state index contributed by atoms with van der Waals surface area (Å²) >= 11 is 0. The maximum Gasteiger partial charge on any atom is 0.408 e. The first-order chi connectivity index (χ1) is 11.7. The number of aromatic nitrogens is 1. The van der Waals surface area contributed by atoms with Gasteiger partial charge in [-0.1, -0.05) is 6.07 Å². The summed E-state index contributed by atoms with van der Waals surface area (Å²) in [5, 5.41) is 21.9. The molecule has 1 aromatic heterocycles. The fourth-order valence-electron chi connectivity index (χ4n) is 2.61. The lowest BCUT2D eigenvalue weighted by Gasteiger charge is -2.24. The zero-order valence-corrected chi connectivity index (χ0v) is 14.7. The van der Waals surface area contributed by atoms with Crippen LogP contribution in [0.3, 0.4) is 0 Å². The van der Waals surface area contributed by atoms with Gasteiger partial charge < -0.3 is 25.2 Å². The van der Waals surface area contributed by atoms with E-state index in [0.717, 1.165) is 31.7 Å². The van der Waals surface area contributed by atoms with Crippen LogP contribution in [0, 0.1) is 0 Å². The zero-order valence-electron chi connectivity index (χ0n) is 14.7. The average Bonchev–Trinajstić information content (AvgIpc) is 3.04. The highest BCUT2D eigenvalue weighted by Crippen LogP contribution is 2.22. The second-order valence-corrected chi connectivity index (χ2v) is 7.05. The molecule has 0 spiro atoms. The standard InChI is InChI=1S/C17H25N3O5/c1-17(2,3)25-16(24)19-13(15(22)23)14(21)11-6-7-12(18-10-11)20-8-4-5-9-20/h6-7,10,13-14,21H,4-5,8-9H2,1-3H3,(H,19,24)(H,22,23)/t13-,14+/m1/s1. The first-order valence-corrected chi connectivity index (χ1v) is 8.28. The van der Waals surface area contributed by atoms with E-state index in [0.29, 0.717) is 5.56 Å². The summed E-state index contributed by atoms with van der Waals surface area (Å²) in [7, 11) is 0. The number of pyridine rings is 1. The van der Waals surface area contributed by atoms with Gasteiger partial charge in [-0.2, -0.15) is 0 Å². The van der Waals surface area contributed by atoms with E-state index >= 15 is 0 Å². The van der Waals surface area contributed by atoms with Crippen molar-refractivity contribution in [2.45, 2.75) is 51.4 Å². The largest absolute Gasteiger partial charge is 0.480 e. The Morgan fingerprint density at radius 1 is 1.28 bits per heavy atom. The number of rotatable bonds is 5. The van der Waals surface area contributed by atoms with Crippen molar-refractivity contribution in [3.63, 3.8) is 0 Å². The average molecular weight is 351 g/mol. The number of nitrogens with zero attached hydrogens (tertiary/aromatic N) is 2. The summed E-state index contributed by atoms with van der Waals surface area (Å²) < 4.78 is 5.04. The SMILES string of the molecule is CC(C)(C)OC(=O)N[C@@H](C(=O)O)[C@@H](O)c1ccc(N2CCCC2)nc1. The molecule has 8 heteroatoms. The van der Waals surface area contributed by atoms with E-state index in [9.17, 15) is 19.8 Å². The Labute approximate surface area is 146 Å². The Balaban J connectivity index is 2.07. The molecular formula is C17H25N3O5. The number of aliphatic carboxylic acids is 1. The Hall–Kier alpha value is -2.35. The molecule has 3 N–H and O–H groups in total. The lowest BCUT2D eigenvalue weighted by atomic mass is 10.0. The van der Waals surface area contributed by atoms with Crippen molar-refractivity contribution in [3.05, 3.63) is 23.9 Å². The fourth-order valence-corrected chi connectivity index (χ4v) is 2.61. The third-order valence-electron chi connectivity index (χ3n) is 3.80. The van der Waals surface area contributed by atoms with Crippen LogP contribution in [0.4, 0.5) is 10.6 Å². The quantitative estimate of drug-likeness (QED) is 0.740. The maximum atomic E-state index is 11.8. The van der Waals surface area contributed by atoms with E-state index in [1.807, 2.05) is 0 Å². The number of alkyl carbamates (subject to hydrolysis) is 1. The first-order valence-electron chi connectivity index (χ1n) is 8.28. The highest BCUT2D eigenvalue weighted by Gasteiger charge is 2.31. The van der Waals surface area contributed by atoms with Crippen LogP contribution >= 0.6 is 0 Å². The van der Waals surface area contributed by atoms with E-state index in [1.54, 1.807) is 32.9 Å². The lowest BCUT2D eigenvalue weighted by Crippen LogP contribution is -2.46. The molecule has 0 radical (unpaired) electrons. The van der Waals surface area contributed by atoms with Crippen LogP contribution in [0.25, 0.3) is 0 Å². The summed E-state index contributed by atoms with van der Waals surface area (Å²) in [6, 6.07) is 1.84. The molecule has 2 heterocycles. The zero-order chi connectivity index (χ0) is 18.6. The minimum atomic E-state index is -1.53. The van der Waals surface area contributed by atoms with Crippen molar-refractivity contribution in [2.24, 2.45) is 0 Å². The van der Waals surface area contributed by atoms with Gasteiger partial charge in [0.15, 0.2) is 6.04 Å². The summed E-state index contributed by atoms with van der Waals surface area (Å²) in [6.45, 7) is 6.87. The fraction of sp³-hybridized carbons (Fsp3) is 0.588. The van der Waals surface area contributed by atoms with Gasteiger partial charge in [0.05, 0.1) is 0 Å². The molecule has 0 unspecified atom stereocenters. The third kappa shape index (κ3) is 5.32. The van der Waals surface area contributed by atoms with Gasteiger partial charge in [-0.15, -0.1) is 0 Å². The molecule has 1 aromatic rings. The predicted octanol–water partition coefficient (Wildman–Crippen LogP) is 1.69. The van der Waals surface area contributed by atoms with Gasteiger partial charge in [-0.3, -0.25) is 0 Å². The molecule has 1 aliphatic heterocycles. The minimum Gasteiger partial charge on any atom is -0.480 e. The Kier molecular flexibility index (Phi) is 5.84. The third-order valence-corrected chi connectivity index (χ3v) is 3.80. The molecule has 1 saturated heterocycles. The molecule has 8 nitrogen and oxygen atoms in total. The number of ether oxygens (including phenoxy) is 1. The van der Waals surface area contributed by atoms with Crippen molar-refractivity contribution in [1.82, 2.24) is 10.3 Å². The first kappa shape index (κ1) is 19.0. The van der Waals surface area contributed by atoms with E-state index in [1.165, 1.54) is 6.20 Å². The molecular weight excluding hydrogens is 326 g/mol. The van der Waals surface area contributed by atoms with E-state index in [-0.39, 0.29) is 0 Å². The van der Waals surface area contributed by atoms with Crippen LogP contribution in [0.15, 0.2) is 18.3 Å². The highest BCUT2D eigenvalue weighted by atomic mass is 16.6. The Morgan fingerprint density at radius 2 is 1.92 bits per heavy atom. The van der Waals surface area contributed by atoms with Crippen LogP contribution in [-0.2, 0) is 9.53 Å². The van der Waals surface area contributed by atoms with Crippen molar-refractivity contribution in [2.75, 3.05) is 18.0 Å². The molecule has 138 valence electrons. The molecule has 1 aliphatic rings. The van der Waals surface area contributed by atoms with Crippen molar-refractivity contribution < 1.29 is 24.5 Å². The van der Waals surface area contributed by atoms with Gasteiger partial charge in [0.2, 0.25) is 0 Å². The molecule has 0 aliphatic carbocycles. The van der Waals surface area contributed by atoms with E-state index in [4.69, 9.17) is 4.74 Å². The molecule has 2 atom stereocenters. The molecule has 0 aromatic carbocycles. The normalized spacial score (nSPS) is 17.0. The van der Waals surface area contributed by atoms with Gasteiger partial charge in [0, 0.05) is 24.8 Å². The van der Waals surface area contributed by atoms with Crippen LogP contribution in [0.1, 0.15) is 45.3 Å². The van der Waals surface area contributed by atoms with Crippen LogP contribution in [-0.4, -0.2) is 52.0 Å². The van der Waals surface area contributed by atoms with Crippen molar-refractivity contribution >= 4 is 17.9 Å². The molecule has 0 bridgehead atoms.